The van der Waals surface area contributed by atoms with Gasteiger partial charge < -0.3 is 10.4 Å². The Labute approximate surface area is 140 Å². The molecule has 0 bridgehead atoms. The van der Waals surface area contributed by atoms with E-state index in [4.69, 9.17) is 0 Å². The van der Waals surface area contributed by atoms with Gasteiger partial charge >= 0.3 is 0 Å². The van der Waals surface area contributed by atoms with E-state index in [1.807, 2.05) is 6.92 Å². The Morgan fingerprint density at radius 1 is 1.35 bits per heavy atom. The number of aromatic nitrogens is 1. The summed E-state index contributed by atoms with van der Waals surface area (Å²) in [5, 5.41) is 13.8. The molecule has 1 aliphatic carbocycles. The van der Waals surface area contributed by atoms with Gasteiger partial charge in [0.25, 0.3) is 5.91 Å². The number of amides is 1. The third-order valence-corrected chi connectivity index (χ3v) is 5.67. The first kappa shape index (κ1) is 16.1. The quantitative estimate of drug-likeness (QED) is 0.903. The van der Waals surface area contributed by atoms with Gasteiger partial charge in [0.05, 0.1) is 11.3 Å². The number of hydrogen-bond acceptors (Lipinski definition) is 4. The third kappa shape index (κ3) is 3.31. The van der Waals surface area contributed by atoms with Crippen LogP contribution in [0.5, 0.6) is 0 Å². The van der Waals surface area contributed by atoms with Gasteiger partial charge in [0.1, 0.15) is 9.88 Å². The summed E-state index contributed by atoms with van der Waals surface area (Å²) in [6.45, 7) is 6.30. The zero-order chi connectivity index (χ0) is 16.6. The van der Waals surface area contributed by atoms with Gasteiger partial charge in [-0.15, -0.1) is 11.3 Å². The van der Waals surface area contributed by atoms with Gasteiger partial charge in [0.2, 0.25) is 0 Å². The lowest BCUT2D eigenvalue weighted by molar-refractivity contribution is -0.0300. The number of nitrogens with one attached hydrogen (secondary N) is 1. The minimum Gasteiger partial charge on any atom is -0.388 e. The average molecular weight is 330 g/mol. The normalized spacial score (nSPS) is 16.0. The van der Waals surface area contributed by atoms with Crippen LogP contribution in [0.2, 0.25) is 0 Å². The van der Waals surface area contributed by atoms with Crippen molar-refractivity contribution in [1.82, 2.24) is 10.3 Å². The molecule has 2 aromatic rings. The van der Waals surface area contributed by atoms with Crippen LogP contribution in [0.3, 0.4) is 0 Å². The standard InChI is InChI=1S/C18H22N2O2S/c1-11-5-6-14(12(2)9-11)17-20-13(3)15(23-17)16(21)19-10-18(22)7-4-8-18/h5-6,9,22H,4,7-8,10H2,1-3H3,(H,19,21). The van der Waals surface area contributed by atoms with E-state index >= 15 is 0 Å². The van der Waals surface area contributed by atoms with Crippen LogP contribution in [0, 0.1) is 20.8 Å². The van der Waals surface area contributed by atoms with Crippen molar-refractivity contribution in [2.75, 3.05) is 6.54 Å². The number of carbonyl (C=O) groups is 1. The third-order valence-electron chi connectivity index (χ3n) is 4.48. The van der Waals surface area contributed by atoms with Crippen LogP contribution < -0.4 is 5.32 Å². The Hall–Kier alpha value is -1.72. The van der Waals surface area contributed by atoms with Crippen LogP contribution in [0.1, 0.15) is 45.8 Å². The largest absolute Gasteiger partial charge is 0.388 e. The molecule has 0 unspecified atom stereocenters. The van der Waals surface area contributed by atoms with Crippen molar-refractivity contribution in [2.45, 2.75) is 45.6 Å². The van der Waals surface area contributed by atoms with Crippen molar-refractivity contribution < 1.29 is 9.90 Å². The predicted octanol–water partition coefficient (Wildman–Crippen LogP) is 3.38. The SMILES string of the molecule is Cc1ccc(-c2nc(C)c(C(=O)NCC3(O)CCC3)s2)c(C)c1. The Bertz CT molecular complexity index is 747. The number of rotatable bonds is 4. The van der Waals surface area contributed by atoms with E-state index in [1.54, 1.807) is 0 Å². The van der Waals surface area contributed by atoms with Gasteiger partial charge in [-0.2, -0.15) is 0 Å². The van der Waals surface area contributed by atoms with Gasteiger partial charge in [-0.3, -0.25) is 4.79 Å². The van der Waals surface area contributed by atoms with Crippen LogP contribution in [-0.2, 0) is 0 Å². The fourth-order valence-corrected chi connectivity index (χ4v) is 3.94. The minimum atomic E-state index is -0.704. The van der Waals surface area contributed by atoms with Crippen molar-refractivity contribution >= 4 is 17.2 Å². The average Bonchev–Trinajstić information content (AvgIpc) is 2.84. The molecule has 0 spiro atoms. The van der Waals surface area contributed by atoms with E-state index in [1.165, 1.54) is 16.9 Å². The highest BCUT2D eigenvalue weighted by Crippen LogP contribution is 2.32. The van der Waals surface area contributed by atoms with Gasteiger partial charge in [0, 0.05) is 12.1 Å². The minimum absolute atomic E-state index is 0.142. The molecule has 1 aliphatic rings. The summed E-state index contributed by atoms with van der Waals surface area (Å²) in [4.78, 5) is 17.6. The lowest BCUT2D eigenvalue weighted by atomic mass is 9.80. The van der Waals surface area contributed by atoms with E-state index in [0.717, 1.165) is 41.1 Å². The number of aliphatic hydroxyl groups is 1. The molecule has 1 aromatic heterocycles. The molecule has 4 nitrogen and oxygen atoms in total. The van der Waals surface area contributed by atoms with Crippen molar-refractivity contribution in [1.29, 1.82) is 0 Å². The molecular formula is C18H22N2O2S. The maximum absolute atomic E-state index is 12.4. The monoisotopic (exact) mass is 330 g/mol. The number of carbonyl (C=O) groups excluding carboxylic acids is 1. The highest BCUT2D eigenvalue weighted by Gasteiger charge is 2.34. The summed E-state index contributed by atoms with van der Waals surface area (Å²) in [5.74, 6) is -0.142. The Morgan fingerprint density at radius 3 is 2.70 bits per heavy atom. The van der Waals surface area contributed by atoms with Crippen molar-refractivity contribution in [3.05, 3.63) is 39.9 Å². The molecule has 2 N–H and O–H groups in total. The van der Waals surface area contributed by atoms with Crippen LogP contribution in [0.15, 0.2) is 18.2 Å². The second kappa shape index (κ2) is 6.06. The van der Waals surface area contributed by atoms with Gasteiger partial charge in [-0.1, -0.05) is 23.8 Å². The number of nitrogens with zero attached hydrogens (tertiary/aromatic N) is 1. The van der Waals surface area contributed by atoms with E-state index in [2.05, 4.69) is 42.3 Å². The van der Waals surface area contributed by atoms with Gasteiger partial charge in [-0.05, 0) is 45.6 Å². The number of thiazole rings is 1. The first-order valence-electron chi connectivity index (χ1n) is 7.94. The zero-order valence-corrected chi connectivity index (χ0v) is 14.6. The van der Waals surface area contributed by atoms with Crippen molar-refractivity contribution in [3.63, 3.8) is 0 Å². The van der Waals surface area contributed by atoms with Crippen molar-refractivity contribution in [3.8, 4) is 10.6 Å². The fraction of sp³-hybridized carbons (Fsp3) is 0.444. The molecule has 0 aliphatic heterocycles. The van der Waals surface area contributed by atoms with E-state index in [-0.39, 0.29) is 5.91 Å². The summed E-state index contributed by atoms with van der Waals surface area (Å²) in [6.07, 6.45) is 2.56. The maximum Gasteiger partial charge on any atom is 0.263 e. The van der Waals surface area contributed by atoms with E-state index in [9.17, 15) is 9.90 Å². The summed E-state index contributed by atoms with van der Waals surface area (Å²) in [7, 11) is 0. The molecule has 5 heteroatoms. The molecule has 23 heavy (non-hydrogen) atoms. The summed E-state index contributed by atoms with van der Waals surface area (Å²) in [5.41, 5.74) is 3.48. The summed E-state index contributed by atoms with van der Waals surface area (Å²) >= 11 is 1.41. The molecule has 1 amide bonds. The van der Waals surface area contributed by atoms with Crippen LogP contribution in [-0.4, -0.2) is 28.1 Å². The van der Waals surface area contributed by atoms with E-state index < -0.39 is 5.60 Å². The number of aryl methyl sites for hydroxylation is 3. The Balaban J connectivity index is 1.78. The Kier molecular flexibility index (Phi) is 4.25. The first-order chi connectivity index (χ1) is 10.9. The van der Waals surface area contributed by atoms with Gasteiger partial charge in [0.15, 0.2) is 0 Å². The lowest BCUT2D eigenvalue weighted by Gasteiger charge is -2.36. The summed E-state index contributed by atoms with van der Waals surface area (Å²) < 4.78 is 0. The molecule has 1 heterocycles. The molecule has 0 radical (unpaired) electrons. The smallest absolute Gasteiger partial charge is 0.263 e. The topological polar surface area (TPSA) is 62.2 Å². The molecule has 0 saturated heterocycles. The predicted molar refractivity (Wildman–Crippen MR) is 92.9 cm³/mol. The molecule has 3 rings (SSSR count). The van der Waals surface area contributed by atoms with E-state index in [0.29, 0.717) is 11.4 Å². The molecule has 1 fully saturated rings. The van der Waals surface area contributed by atoms with Crippen LogP contribution >= 0.6 is 11.3 Å². The molecule has 1 aromatic carbocycles. The first-order valence-corrected chi connectivity index (χ1v) is 8.75. The molecule has 1 saturated carbocycles. The summed E-state index contributed by atoms with van der Waals surface area (Å²) in [6, 6.07) is 6.24. The lowest BCUT2D eigenvalue weighted by Crippen LogP contribution is -2.47. The maximum atomic E-state index is 12.4. The molecular weight excluding hydrogens is 308 g/mol. The van der Waals surface area contributed by atoms with Gasteiger partial charge in [-0.25, -0.2) is 4.98 Å². The second-order valence-electron chi connectivity index (χ2n) is 6.51. The second-order valence-corrected chi connectivity index (χ2v) is 7.51. The molecule has 0 atom stereocenters. The number of hydrogen-bond donors (Lipinski definition) is 2. The van der Waals surface area contributed by atoms with Crippen LogP contribution in [0.4, 0.5) is 0 Å². The highest BCUT2D eigenvalue weighted by molar-refractivity contribution is 7.17. The zero-order valence-electron chi connectivity index (χ0n) is 13.8. The Morgan fingerprint density at radius 2 is 2.09 bits per heavy atom. The number of benzene rings is 1. The van der Waals surface area contributed by atoms with Crippen LogP contribution in [0.25, 0.3) is 10.6 Å². The fourth-order valence-electron chi connectivity index (χ4n) is 2.86. The highest BCUT2D eigenvalue weighted by atomic mass is 32.1. The molecule has 122 valence electrons. The van der Waals surface area contributed by atoms with Crippen molar-refractivity contribution in [2.24, 2.45) is 0 Å².